The number of unbranched alkanes of at least 4 members (excludes halogenated alkanes) is 1. The van der Waals surface area contributed by atoms with E-state index in [2.05, 4.69) is 44.3 Å². The average molecular weight is 612 g/mol. The monoisotopic (exact) mass is 611 g/mol. The van der Waals surface area contributed by atoms with Crippen LogP contribution < -0.4 is 26.6 Å². The molecule has 9 nitrogen and oxygen atoms in total. The van der Waals surface area contributed by atoms with E-state index in [4.69, 9.17) is 10.5 Å². The lowest BCUT2D eigenvalue weighted by Gasteiger charge is -2.32. The zero-order chi connectivity index (χ0) is 32.4. The van der Waals surface area contributed by atoms with E-state index >= 15 is 0 Å². The van der Waals surface area contributed by atoms with Crippen molar-refractivity contribution in [3.63, 3.8) is 0 Å². The highest BCUT2D eigenvalue weighted by Gasteiger charge is 2.16. The molecule has 4 rings (SSSR count). The molecule has 2 aliphatic rings. The van der Waals surface area contributed by atoms with Crippen molar-refractivity contribution in [2.45, 2.75) is 97.6 Å². The second kappa shape index (κ2) is 25.3. The second-order valence-electron chi connectivity index (χ2n) is 11.2. The van der Waals surface area contributed by atoms with E-state index in [0.717, 1.165) is 69.2 Å². The summed E-state index contributed by atoms with van der Waals surface area (Å²) in [6, 6.07) is 9.92. The number of benzene rings is 1. The molecule has 1 saturated heterocycles. The van der Waals surface area contributed by atoms with Crippen LogP contribution in [0.1, 0.15) is 99.9 Å². The van der Waals surface area contributed by atoms with Crippen molar-refractivity contribution in [1.29, 1.82) is 0 Å². The molecule has 2 heterocycles. The van der Waals surface area contributed by atoms with Gasteiger partial charge in [-0.15, -0.1) is 6.58 Å². The molecular weight excluding hydrogens is 550 g/mol. The third-order valence-corrected chi connectivity index (χ3v) is 7.26. The number of piperidine rings is 1. The lowest BCUT2D eigenvalue weighted by Crippen LogP contribution is -2.39. The quantitative estimate of drug-likeness (QED) is 0.174. The SMILES string of the molecule is C1CCCCC1.C=CCCC.CCNc1cc(CNC(=O)c2ccc(N3CCC(N)CC3)cc2)nc(C)n1.CNCCOC. The minimum Gasteiger partial charge on any atom is -0.383 e. The number of carbonyl (C=O) groups is 1. The molecule has 1 aliphatic carbocycles. The highest BCUT2D eigenvalue weighted by atomic mass is 16.5. The molecule has 0 bridgehead atoms. The lowest BCUT2D eigenvalue weighted by molar-refractivity contribution is 0.0950. The molecule has 0 spiro atoms. The van der Waals surface area contributed by atoms with Crippen molar-refractivity contribution in [2.24, 2.45) is 5.73 Å². The Kier molecular flexibility index (Phi) is 22.5. The maximum Gasteiger partial charge on any atom is 0.251 e. The summed E-state index contributed by atoms with van der Waals surface area (Å²) in [5.74, 6) is 1.35. The first-order valence-corrected chi connectivity index (χ1v) is 16.6. The third kappa shape index (κ3) is 18.0. The molecule has 5 N–H and O–H groups in total. The summed E-state index contributed by atoms with van der Waals surface area (Å²) in [4.78, 5) is 23.5. The van der Waals surface area contributed by atoms with Crippen LogP contribution in [-0.2, 0) is 11.3 Å². The molecule has 1 amide bonds. The number of allylic oxidation sites excluding steroid dienone is 1. The number of ether oxygens (including phenoxy) is 1. The highest BCUT2D eigenvalue weighted by Crippen LogP contribution is 2.20. The van der Waals surface area contributed by atoms with Gasteiger partial charge in [0.1, 0.15) is 11.6 Å². The van der Waals surface area contributed by atoms with Gasteiger partial charge in [-0.25, -0.2) is 9.97 Å². The molecule has 1 aliphatic heterocycles. The Balaban J connectivity index is 0.000000462. The smallest absolute Gasteiger partial charge is 0.251 e. The van der Waals surface area contributed by atoms with E-state index in [1.54, 1.807) is 7.11 Å². The van der Waals surface area contributed by atoms with E-state index in [0.29, 0.717) is 24.0 Å². The fourth-order valence-corrected chi connectivity index (χ4v) is 4.71. The Bertz CT molecular complexity index is 989. The van der Waals surface area contributed by atoms with Gasteiger partial charge in [0.2, 0.25) is 0 Å². The predicted octanol–water partition coefficient (Wildman–Crippen LogP) is 6.24. The number of rotatable bonds is 11. The van der Waals surface area contributed by atoms with E-state index in [1.807, 2.05) is 57.3 Å². The van der Waals surface area contributed by atoms with Crippen LogP contribution in [0.4, 0.5) is 11.5 Å². The first-order chi connectivity index (χ1) is 21.4. The Hall–Kier alpha value is -3.01. The summed E-state index contributed by atoms with van der Waals surface area (Å²) in [7, 11) is 3.59. The summed E-state index contributed by atoms with van der Waals surface area (Å²) in [5.41, 5.74) is 8.53. The maximum absolute atomic E-state index is 12.4. The van der Waals surface area contributed by atoms with Crippen molar-refractivity contribution < 1.29 is 9.53 Å². The molecule has 9 heteroatoms. The van der Waals surface area contributed by atoms with Crippen LogP contribution in [0.5, 0.6) is 0 Å². The number of nitrogens with one attached hydrogen (secondary N) is 3. The third-order valence-electron chi connectivity index (χ3n) is 7.26. The van der Waals surface area contributed by atoms with E-state index in [1.165, 1.54) is 44.9 Å². The largest absolute Gasteiger partial charge is 0.383 e. The second-order valence-corrected chi connectivity index (χ2v) is 11.2. The molecule has 248 valence electrons. The Morgan fingerprint density at radius 1 is 1.07 bits per heavy atom. The Labute approximate surface area is 267 Å². The summed E-state index contributed by atoms with van der Waals surface area (Å²) in [6.45, 7) is 14.4. The number of hydrogen-bond acceptors (Lipinski definition) is 8. The molecule has 0 radical (unpaired) electrons. The van der Waals surface area contributed by atoms with Crippen molar-refractivity contribution in [3.05, 3.63) is 60.1 Å². The molecule has 0 unspecified atom stereocenters. The minimum absolute atomic E-state index is 0.108. The van der Waals surface area contributed by atoms with Crippen LogP contribution >= 0.6 is 0 Å². The zero-order valence-electron chi connectivity index (χ0n) is 28.3. The van der Waals surface area contributed by atoms with Crippen molar-refractivity contribution in [2.75, 3.05) is 57.2 Å². The lowest BCUT2D eigenvalue weighted by atomic mass is 10.0. The molecule has 2 fully saturated rings. The van der Waals surface area contributed by atoms with Crippen molar-refractivity contribution in [3.8, 4) is 0 Å². The number of aromatic nitrogens is 2. The number of anilines is 2. The molecular formula is C35H61N7O2. The number of aryl methyl sites for hydroxylation is 1. The number of carbonyl (C=O) groups excluding carboxylic acids is 1. The molecule has 2 aromatic rings. The summed E-state index contributed by atoms with van der Waals surface area (Å²) < 4.78 is 4.72. The topological polar surface area (TPSA) is 117 Å². The number of nitrogens with two attached hydrogens (primary N) is 1. The van der Waals surface area contributed by atoms with Gasteiger partial charge in [-0.05, 0) is 64.4 Å². The first kappa shape index (κ1) is 39.0. The van der Waals surface area contributed by atoms with Gasteiger partial charge in [0.25, 0.3) is 5.91 Å². The van der Waals surface area contributed by atoms with Crippen LogP contribution in [0.15, 0.2) is 43.0 Å². The molecule has 1 aromatic carbocycles. The zero-order valence-corrected chi connectivity index (χ0v) is 28.3. The van der Waals surface area contributed by atoms with Gasteiger partial charge in [-0.2, -0.15) is 0 Å². The number of likely N-dealkylation sites (N-methyl/N-ethyl adjacent to an activating group) is 1. The normalized spacial score (nSPS) is 14.5. The highest BCUT2D eigenvalue weighted by molar-refractivity contribution is 5.94. The van der Waals surface area contributed by atoms with Crippen LogP contribution in [0.25, 0.3) is 0 Å². The van der Waals surface area contributed by atoms with Crippen LogP contribution in [-0.4, -0.2) is 68.9 Å². The van der Waals surface area contributed by atoms with Gasteiger partial charge >= 0.3 is 0 Å². The Morgan fingerprint density at radius 3 is 2.14 bits per heavy atom. The Morgan fingerprint density at radius 2 is 1.68 bits per heavy atom. The van der Waals surface area contributed by atoms with Gasteiger partial charge in [0.15, 0.2) is 0 Å². The van der Waals surface area contributed by atoms with Gasteiger partial charge in [-0.1, -0.05) is 57.9 Å². The summed E-state index contributed by atoms with van der Waals surface area (Å²) >= 11 is 0. The molecule has 44 heavy (non-hydrogen) atoms. The van der Waals surface area contributed by atoms with E-state index in [-0.39, 0.29) is 5.91 Å². The van der Waals surface area contributed by atoms with Gasteiger partial charge in [0, 0.05) is 56.6 Å². The van der Waals surface area contributed by atoms with Gasteiger partial charge < -0.3 is 31.3 Å². The summed E-state index contributed by atoms with van der Waals surface area (Å²) in [6.07, 6.45) is 15.3. The van der Waals surface area contributed by atoms with E-state index < -0.39 is 0 Å². The minimum atomic E-state index is -0.108. The average Bonchev–Trinajstić information content (AvgIpc) is 3.05. The standard InChI is InChI=1S/C20H28N6O.C6H12.C5H10.C4H11NO/c1-3-22-19-12-17(24-14(2)25-19)13-23-20(27)15-4-6-18(7-5-15)26-10-8-16(21)9-11-26;1-2-4-6-5-3-1;1-3-5-4-2;1-5-3-4-6-2/h4-7,12,16H,3,8-11,13,21H2,1-2H3,(H,23,27)(H,22,24,25);1-6H2;3H,1,4-5H2,2H3;5H,3-4H2,1-2H3. The molecule has 1 saturated carbocycles. The van der Waals surface area contributed by atoms with Gasteiger partial charge in [-0.3, -0.25) is 4.79 Å². The van der Waals surface area contributed by atoms with Crippen LogP contribution in [0.2, 0.25) is 0 Å². The maximum atomic E-state index is 12.4. The number of hydrogen-bond donors (Lipinski definition) is 4. The van der Waals surface area contributed by atoms with E-state index in [9.17, 15) is 4.79 Å². The van der Waals surface area contributed by atoms with Crippen molar-refractivity contribution in [1.82, 2.24) is 20.6 Å². The number of methoxy groups -OCH3 is 1. The fraction of sp³-hybridized carbons (Fsp3) is 0.629. The molecule has 1 aromatic heterocycles. The van der Waals surface area contributed by atoms with Crippen LogP contribution in [0.3, 0.4) is 0 Å². The number of nitrogens with zero attached hydrogens (tertiary/aromatic N) is 3. The van der Waals surface area contributed by atoms with Crippen LogP contribution in [0, 0.1) is 6.92 Å². The predicted molar refractivity (Wildman–Crippen MR) is 187 cm³/mol. The van der Waals surface area contributed by atoms with Crippen molar-refractivity contribution >= 4 is 17.4 Å². The first-order valence-electron chi connectivity index (χ1n) is 16.6. The summed E-state index contributed by atoms with van der Waals surface area (Å²) in [5, 5.41) is 9.04. The van der Waals surface area contributed by atoms with Gasteiger partial charge in [0.05, 0.1) is 18.8 Å². The number of amides is 1. The molecule has 0 atom stereocenters. The fourth-order valence-electron chi connectivity index (χ4n) is 4.71.